The molecule has 4 N–H and O–H groups in total. The highest BCUT2D eigenvalue weighted by atomic mass is 16.1. The Morgan fingerprint density at radius 3 is 2.68 bits per heavy atom. The molecule has 0 radical (unpaired) electrons. The summed E-state index contributed by atoms with van der Waals surface area (Å²) in [4.78, 5) is 17.9. The van der Waals surface area contributed by atoms with E-state index in [0.717, 1.165) is 48.7 Å². The highest BCUT2D eigenvalue weighted by Crippen LogP contribution is 2.23. The number of amides is 1. The fourth-order valence-corrected chi connectivity index (χ4v) is 3.25. The summed E-state index contributed by atoms with van der Waals surface area (Å²) >= 11 is 0. The first kappa shape index (κ1) is 15.6. The Morgan fingerprint density at radius 2 is 1.96 bits per heavy atom. The van der Waals surface area contributed by atoms with Gasteiger partial charge in [0.15, 0.2) is 5.65 Å². The van der Waals surface area contributed by atoms with E-state index >= 15 is 0 Å². The third kappa shape index (κ3) is 2.94. The molecule has 0 aliphatic carbocycles. The molecule has 25 heavy (non-hydrogen) atoms. The topological polar surface area (TPSA) is 103 Å². The molecule has 4 rings (SSSR count). The molecule has 3 heterocycles. The van der Waals surface area contributed by atoms with E-state index < -0.39 is 5.91 Å². The standard InChI is InChI=1S/C18H20N6O/c19-14-2-1-9-23(11-14)17-8-7-16-21-10-15(24(16)22-17)12-3-5-13(6-4-12)18(20)25/h3-8,10,14H,1-2,9,11,19H2,(H2,20,25). The van der Waals surface area contributed by atoms with Crippen molar-refractivity contribution >= 4 is 17.4 Å². The summed E-state index contributed by atoms with van der Waals surface area (Å²) in [7, 11) is 0. The Balaban J connectivity index is 1.72. The SMILES string of the molecule is NC(=O)c1ccc(-c2cnc3ccc(N4CCCC(N)C4)nn23)cc1. The molecule has 1 aliphatic heterocycles. The predicted octanol–water partition coefficient (Wildman–Crippen LogP) is 1.42. The van der Waals surface area contributed by atoms with Crippen molar-refractivity contribution in [1.29, 1.82) is 0 Å². The van der Waals surface area contributed by atoms with E-state index in [-0.39, 0.29) is 6.04 Å². The summed E-state index contributed by atoms with van der Waals surface area (Å²) in [6, 6.07) is 11.3. The highest BCUT2D eigenvalue weighted by Gasteiger charge is 2.19. The number of hydrogen-bond acceptors (Lipinski definition) is 5. The molecule has 1 aliphatic rings. The van der Waals surface area contributed by atoms with E-state index in [1.54, 1.807) is 18.3 Å². The van der Waals surface area contributed by atoms with Gasteiger partial charge in [-0.15, -0.1) is 5.10 Å². The van der Waals surface area contributed by atoms with Gasteiger partial charge in [0, 0.05) is 30.3 Å². The minimum atomic E-state index is -0.438. The molecule has 0 bridgehead atoms. The van der Waals surface area contributed by atoms with Crippen molar-refractivity contribution < 1.29 is 4.79 Å². The first-order chi connectivity index (χ1) is 12.1. The highest BCUT2D eigenvalue weighted by molar-refractivity contribution is 5.93. The molecule has 1 atom stereocenters. The number of carbonyl (C=O) groups is 1. The summed E-state index contributed by atoms with van der Waals surface area (Å²) in [6.45, 7) is 1.78. The largest absolute Gasteiger partial charge is 0.366 e. The number of nitrogens with zero attached hydrogens (tertiary/aromatic N) is 4. The van der Waals surface area contributed by atoms with E-state index in [4.69, 9.17) is 16.6 Å². The number of nitrogens with two attached hydrogens (primary N) is 2. The molecule has 3 aromatic rings. The van der Waals surface area contributed by atoms with Gasteiger partial charge in [0.05, 0.1) is 11.9 Å². The van der Waals surface area contributed by atoms with Crippen LogP contribution >= 0.6 is 0 Å². The fourth-order valence-electron chi connectivity index (χ4n) is 3.25. The molecule has 1 fully saturated rings. The number of primary amides is 1. The maximum absolute atomic E-state index is 11.2. The zero-order valence-corrected chi connectivity index (χ0v) is 13.8. The minimum absolute atomic E-state index is 0.190. The number of aromatic nitrogens is 3. The molecule has 2 aromatic heterocycles. The maximum atomic E-state index is 11.2. The molecule has 1 amide bonds. The van der Waals surface area contributed by atoms with Crippen LogP contribution in [-0.2, 0) is 0 Å². The van der Waals surface area contributed by atoms with Gasteiger partial charge in [0.2, 0.25) is 5.91 Å². The number of anilines is 1. The Labute approximate surface area is 145 Å². The van der Waals surface area contributed by atoms with E-state index in [0.29, 0.717) is 5.56 Å². The molecule has 1 unspecified atom stereocenters. The van der Waals surface area contributed by atoms with E-state index in [1.165, 1.54) is 0 Å². The van der Waals surface area contributed by atoms with Crippen LogP contribution in [0.5, 0.6) is 0 Å². The number of fused-ring (bicyclic) bond motifs is 1. The Morgan fingerprint density at radius 1 is 1.16 bits per heavy atom. The van der Waals surface area contributed by atoms with E-state index in [9.17, 15) is 4.79 Å². The lowest BCUT2D eigenvalue weighted by Crippen LogP contribution is -2.43. The molecule has 7 nitrogen and oxygen atoms in total. The van der Waals surface area contributed by atoms with Crippen molar-refractivity contribution in [2.45, 2.75) is 18.9 Å². The lowest BCUT2D eigenvalue weighted by molar-refractivity contribution is 0.100. The molecular formula is C18H20N6O. The maximum Gasteiger partial charge on any atom is 0.248 e. The van der Waals surface area contributed by atoms with Crippen LogP contribution in [-0.4, -0.2) is 39.6 Å². The van der Waals surface area contributed by atoms with Gasteiger partial charge in [-0.1, -0.05) is 12.1 Å². The molecule has 0 saturated carbocycles. The zero-order valence-electron chi connectivity index (χ0n) is 13.8. The summed E-state index contributed by atoms with van der Waals surface area (Å²) in [5.74, 6) is 0.460. The molecule has 7 heteroatoms. The van der Waals surface area contributed by atoms with Crippen molar-refractivity contribution in [3.05, 3.63) is 48.2 Å². The van der Waals surface area contributed by atoms with Crippen LogP contribution in [0.3, 0.4) is 0 Å². The van der Waals surface area contributed by atoms with Crippen molar-refractivity contribution in [3.8, 4) is 11.3 Å². The van der Waals surface area contributed by atoms with Crippen molar-refractivity contribution in [1.82, 2.24) is 14.6 Å². The minimum Gasteiger partial charge on any atom is -0.366 e. The molecule has 1 saturated heterocycles. The van der Waals surface area contributed by atoms with Gasteiger partial charge >= 0.3 is 0 Å². The zero-order chi connectivity index (χ0) is 17.4. The number of piperidine rings is 1. The van der Waals surface area contributed by atoms with Crippen LogP contribution in [0.1, 0.15) is 23.2 Å². The van der Waals surface area contributed by atoms with Gasteiger partial charge in [-0.2, -0.15) is 0 Å². The van der Waals surface area contributed by atoms with Crippen LogP contribution in [0.4, 0.5) is 5.82 Å². The Kier molecular flexibility index (Phi) is 3.85. The normalized spacial score (nSPS) is 17.8. The number of carbonyl (C=O) groups excluding carboxylic acids is 1. The molecule has 128 valence electrons. The van der Waals surface area contributed by atoms with Crippen molar-refractivity contribution in [2.24, 2.45) is 11.5 Å². The summed E-state index contributed by atoms with van der Waals surface area (Å²) in [5.41, 5.74) is 14.4. The molecular weight excluding hydrogens is 316 g/mol. The van der Waals surface area contributed by atoms with Crippen LogP contribution < -0.4 is 16.4 Å². The third-order valence-corrected chi connectivity index (χ3v) is 4.60. The van der Waals surface area contributed by atoms with E-state index in [2.05, 4.69) is 9.88 Å². The van der Waals surface area contributed by atoms with Gasteiger partial charge in [0.25, 0.3) is 0 Å². The lowest BCUT2D eigenvalue weighted by atomic mass is 10.1. The number of benzene rings is 1. The Bertz CT molecular complexity index is 917. The second kappa shape index (κ2) is 6.18. The molecule has 0 spiro atoms. The van der Waals surface area contributed by atoms with Crippen molar-refractivity contribution in [2.75, 3.05) is 18.0 Å². The van der Waals surface area contributed by atoms with Crippen molar-refractivity contribution in [3.63, 3.8) is 0 Å². The monoisotopic (exact) mass is 336 g/mol. The van der Waals surface area contributed by atoms with Crippen LogP contribution in [0.15, 0.2) is 42.6 Å². The number of rotatable bonds is 3. The fraction of sp³-hybridized carbons (Fsp3) is 0.278. The summed E-state index contributed by atoms with van der Waals surface area (Å²) < 4.78 is 1.83. The van der Waals surface area contributed by atoms with Crippen LogP contribution in [0, 0.1) is 0 Å². The number of hydrogen-bond donors (Lipinski definition) is 2. The average Bonchev–Trinajstić information content (AvgIpc) is 3.05. The first-order valence-corrected chi connectivity index (χ1v) is 8.37. The van der Waals surface area contributed by atoms with Crippen LogP contribution in [0.2, 0.25) is 0 Å². The van der Waals surface area contributed by atoms with Gasteiger partial charge < -0.3 is 16.4 Å². The van der Waals surface area contributed by atoms with Gasteiger partial charge in [-0.05, 0) is 37.1 Å². The Hall–Kier alpha value is -2.93. The summed E-state index contributed by atoms with van der Waals surface area (Å²) in [6.07, 6.45) is 3.92. The second-order valence-corrected chi connectivity index (χ2v) is 6.39. The average molecular weight is 336 g/mol. The number of imidazole rings is 1. The van der Waals surface area contributed by atoms with Gasteiger partial charge in [0.1, 0.15) is 5.82 Å². The van der Waals surface area contributed by atoms with Gasteiger partial charge in [-0.25, -0.2) is 9.50 Å². The lowest BCUT2D eigenvalue weighted by Gasteiger charge is -2.31. The predicted molar refractivity (Wildman–Crippen MR) is 96.4 cm³/mol. The van der Waals surface area contributed by atoms with Crippen LogP contribution in [0.25, 0.3) is 16.9 Å². The molecule has 1 aromatic carbocycles. The van der Waals surface area contributed by atoms with Gasteiger partial charge in [-0.3, -0.25) is 4.79 Å². The summed E-state index contributed by atoms with van der Waals surface area (Å²) in [5, 5.41) is 4.76. The smallest absolute Gasteiger partial charge is 0.248 e. The van der Waals surface area contributed by atoms with E-state index in [1.807, 2.05) is 28.8 Å². The quantitative estimate of drug-likeness (QED) is 0.753. The first-order valence-electron chi connectivity index (χ1n) is 8.37. The third-order valence-electron chi connectivity index (χ3n) is 4.60. The second-order valence-electron chi connectivity index (χ2n) is 6.39.